The summed E-state index contributed by atoms with van der Waals surface area (Å²) in [7, 11) is 0. The monoisotopic (exact) mass is 399 g/mol. The molecule has 2 atom stereocenters. The van der Waals surface area contributed by atoms with Crippen LogP contribution >= 0.6 is 0 Å². The van der Waals surface area contributed by atoms with Gasteiger partial charge in [0.1, 0.15) is 0 Å². The third-order valence-corrected chi connectivity index (χ3v) is 5.85. The minimum atomic E-state index is -0.399. The molecular weight excluding hydrogens is 370 g/mol. The van der Waals surface area contributed by atoms with E-state index in [4.69, 9.17) is 9.47 Å². The second-order valence-corrected chi connectivity index (χ2v) is 7.94. The fourth-order valence-electron chi connectivity index (χ4n) is 4.19. The molecule has 0 bridgehead atoms. The van der Waals surface area contributed by atoms with Crippen molar-refractivity contribution in [1.82, 2.24) is 0 Å². The van der Waals surface area contributed by atoms with Crippen LogP contribution in [0.5, 0.6) is 0 Å². The standard InChI is InChI=1S/C23H29NO5/c1-4-6-19-23(11-5-2,15-29-19)12-13-28-22(27)17-7-9-18(10-8-17)24-20(25)14-16(3)21(24)26/h7-10,14,19H,4-6,11-13,15H2,1-3H3. The molecule has 2 heterocycles. The molecule has 29 heavy (non-hydrogen) atoms. The molecule has 2 aliphatic rings. The topological polar surface area (TPSA) is 72.9 Å². The summed E-state index contributed by atoms with van der Waals surface area (Å²) in [6.07, 6.45) is 6.66. The average Bonchev–Trinajstić information content (AvgIpc) is 2.96. The molecule has 2 aliphatic heterocycles. The Balaban J connectivity index is 1.56. The quantitative estimate of drug-likeness (QED) is 0.463. The number of hydrogen-bond acceptors (Lipinski definition) is 5. The summed E-state index contributed by atoms with van der Waals surface area (Å²) < 4.78 is 11.3. The number of hydrogen-bond donors (Lipinski definition) is 0. The van der Waals surface area contributed by atoms with E-state index in [1.165, 1.54) is 6.08 Å². The fourth-order valence-corrected chi connectivity index (χ4v) is 4.19. The average molecular weight is 399 g/mol. The van der Waals surface area contributed by atoms with E-state index in [2.05, 4.69) is 13.8 Å². The Labute approximate surface area is 171 Å². The van der Waals surface area contributed by atoms with Gasteiger partial charge >= 0.3 is 5.97 Å². The van der Waals surface area contributed by atoms with Gasteiger partial charge in [-0.2, -0.15) is 0 Å². The lowest BCUT2D eigenvalue weighted by Crippen LogP contribution is -2.52. The van der Waals surface area contributed by atoms with Crippen molar-refractivity contribution in [2.75, 3.05) is 18.1 Å². The number of carbonyl (C=O) groups is 3. The van der Waals surface area contributed by atoms with Crippen LogP contribution in [-0.4, -0.2) is 37.1 Å². The Bertz CT molecular complexity index is 813. The van der Waals surface area contributed by atoms with Gasteiger partial charge in [-0.05, 0) is 50.5 Å². The van der Waals surface area contributed by atoms with Crippen LogP contribution in [0.15, 0.2) is 35.9 Å². The van der Waals surface area contributed by atoms with Crippen LogP contribution in [-0.2, 0) is 19.1 Å². The van der Waals surface area contributed by atoms with Crippen molar-refractivity contribution in [2.24, 2.45) is 5.41 Å². The van der Waals surface area contributed by atoms with Crippen molar-refractivity contribution in [3.05, 3.63) is 41.5 Å². The van der Waals surface area contributed by atoms with Gasteiger partial charge in [0.2, 0.25) is 0 Å². The van der Waals surface area contributed by atoms with E-state index in [0.717, 1.165) is 43.6 Å². The van der Waals surface area contributed by atoms with Crippen molar-refractivity contribution < 1.29 is 23.9 Å². The first-order valence-electron chi connectivity index (χ1n) is 10.4. The molecule has 2 unspecified atom stereocenters. The number of esters is 1. The number of amides is 2. The van der Waals surface area contributed by atoms with Gasteiger partial charge in [-0.1, -0.05) is 26.7 Å². The Morgan fingerprint density at radius 2 is 1.90 bits per heavy atom. The van der Waals surface area contributed by atoms with E-state index in [9.17, 15) is 14.4 Å². The lowest BCUT2D eigenvalue weighted by atomic mass is 9.71. The van der Waals surface area contributed by atoms with E-state index in [1.807, 2.05) is 0 Å². The van der Waals surface area contributed by atoms with Gasteiger partial charge in [0.15, 0.2) is 0 Å². The number of benzene rings is 1. The number of carbonyl (C=O) groups excluding carboxylic acids is 3. The molecule has 0 N–H and O–H groups in total. The fraction of sp³-hybridized carbons (Fsp3) is 0.522. The highest BCUT2D eigenvalue weighted by Gasteiger charge is 2.46. The van der Waals surface area contributed by atoms with Crippen LogP contribution in [0.3, 0.4) is 0 Å². The third-order valence-electron chi connectivity index (χ3n) is 5.85. The van der Waals surface area contributed by atoms with Crippen molar-refractivity contribution in [2.45, 2.75) is 59.0 Å². The molecule has 6 heteroatoms. The number of ether oxygens (including phenoxy) is 2. The molecule has 0 aromatic heterocycles. The molecule has 0 aliphatic carbocycles. The van der Waals surface area contributed by atoms with Gasteiger partial charge in [-0.3, -0.25) is 9.59 Å². The van der Waals surface area contributed by atoms with E-state index in [0.29, 0.717) is 23.4 Å². The maximum absolute atomic E-state index is 12.4. The summed E-state index contributed by atoms with van der Waals surface area (Å²) in [4.78, 5) is 37.5. The van der Waals surface area contributed by atoms with Crippen LogP contribution in [0.25, 0.3) is 0 Å². The van der Waals surface area contributed by atoms with Crippen molar-refractivity contribution in [3.8, 4) is 0 Å². The molecule has 3 rings (SSSR count). The molecule has 1 fully saturated rings. The SMILES string of the molecule is CCCC1OCC1(CCC)CCOC(=O)c1ccc(N2C(=O)C=C(C)C2=O)cc1. The Kier molecular flexibility index (Phi) is 6.52. The third kappa shape index (κ3) is 4.27. The second kappa shape index (κ2) is 8.91. The molecule has 0 spiro atoms. The maximum atomic E-state index is 12.4. The first-order chi connectivity index (χ1) is 13.9. The molecule has 1 aromatic carbocycles. The zero-order chi connectivity index (χ0) is 21.0. The first-order valence-corrected chi connectivity index (χ1v) is 10.4. The summed E-state index contributed by atoms with van der Waals surface area (Å²) >= 11 is 0. The summed E-state index contributed by atoms with van der Waals surface area (Å²) in [5, 5.41) is 0. The lowest BCUT2D eigenvalue weighted by molar-refractivity contribution is -0.200. The predicted molar refractivity (Wildman–Crippen MR) is 110 cm³/mol. The van der Waals surface area contributed by atoms with Crippen LogP contribution in [0.2, 0.25) is 0 Å². The highest BCUT2D eigenvalue weighted by Crippen LogP contribution is 2.44. The number of imide groups is 1. The van der Waals surface area contributed by atoms with E-state index in [-0.39, 0.29) is 23.3 Å². The van der Waals surface area contributed by atoms with Crippen LogP contribution in [0.1, 0.15) is 63.2 Å². The molecule has 0 saturated carbocycles. The molecule has 6 nitrogen and oxygen atoms in total. The normalized spacial score (nSPS) is 23.8. The second-order valence-electron chi connectivity index (χ2n) is 7.94. The summed E-state index contributed by atoms with van der Waals surface area (Å²) in [6, 6.07) is 6.35. The van der Waals surface area contributed by atoms with E-state index >= 15 is 0 Å². The van der Waals surface area contributed by atoms with Crippen molar-refractivity contribution in [1.29, 1.82) is 0 Å². The van der Waals surface area contributed by atoms with Crippen LogP contribution in [0.4, 0.5) is 5.69 Å². The van der Waals surface area contributed by atoms with Crippen molar-refractivity contribution >= 4 is 23.5 Å². The summed E-state index contributed by atoms with van der Waals surface area (Å²) in [5.74, 6) is -1.10. The number of nitrogens with zero attached hydrogens (tertiary/aromatic N) is 1. The molecule has 156 valence electrons. The van der Waals surface area contributed by atoms with Gasteiger partial charge in [-0.25, -0.2) is 9.69 Å². The Morgan fingerprint density at radius 1 is 1.17 bits per heavy atom. The number of rotatable bonds is 9. The van der Waals surface area contributed by atoms with Crippen molar-refractivity contribution in [3.63, 3.8) is 0 Å². The largest absolute Gasteiger partial charge is 0.462 e. The highest BCUT2D eigenvalue weighted by atomic mass is 16.5. The van der Waals surface area contributed by atoms with E-state index < -0.39 is 5.97 Å². The van der Waals surface area contributed by atoms with E-state index in [1.54, 1.807) is 31.2 Å². The highest BCUT2D eigenvalue weighted by molar-refractivity contribution is 6.30. The predicted octanol–water partition coefficient (Wildman–Crippen LogP) is 4.04. The molecule has 0 radical (unpaired) electrons. The zero-order valence-corrected chi connectivity index (χ0v) is 17.4. The number of anilines is 1. The summed E-state index contributed by atoms with van der Waals surface area (Å²) in [5.41, 5.74) is 1.37. The first kappa shape index (κ1) is 21.2. The minimum absolute atomic E-state index is 0.121. The molecule has 1 saturated heterocycles. The van der Waals surface area contributed by atoms with Crippen LogP contribution < -0.4 is 4.90 Å². The summed E-state index contributed by atoms with van der Waals surface area (Å²) in [6.45, 7) is 7.03. The molecule has 1 aromatic rings. The Hall–Kier alpha value is -2.47. The Morgan fingerprint density at radius 3 is 2.41 bits per heavy atom. The lowest BCUT2D eigenvalue weighted by Gasteiger charge is -2.49. The van der Waals surface area contributed by atoms with Gasteiger partial charge in [0.05, 0.1) is 30.6 Å². The molecule has 2 amide bonds. The zero-order valence-electron chi connectivity index (χ0n) is 17.4. The van der Waals surface area contributed by atoms with Gasteiger partial charge in [0.25, 0.3) is 11.8 Å². The minimum Gasteiger partial charge on any atom is -0.462 e. The van der Waals surface area contributed by atoms with Gasteiger partial charge in [0, 0.05) is 17.1 Å². The maximum Gasteiger partial charge on any atom is 0.338 e. The molecular formula is C23H29NO5. The van der Waals surface area contributed by atoms with Gasteiger partial charge in [-0.15, -0.1) is 0 Å². The smallest absolute Gasteiger partial charge is 0.338 e. The van der Waals surface area contributed by atoms with Crippen LogP contribution in [0, 0.1) is 5.41 Å². The van der Waals surface area contributed by atoms with Gasteiger partial charge < -0.3 is 9.47 Å².